The fourth-order valence-electron chi connectivity index (χ4n) is 2.78. The molecule has 7 nitrogen and oxygen atoms in total. The molecule has 1 N–H and O–H groups in total. The van der Waals surface area contributed by atoms with E-state index in [4.69, 9.17) is 14.0 Å². The number of ether oxygens (including phenoxy) is 2. The van der Waals surface area contributed by atoms with E-state index in [9.17, 15) is 0 Å². The van der Waals surface area contributed by atoms with Gasteiger partial charge in [0, 0.05) is 11.6 Å². The van der Waals surface area contributed by atoms with E-state index in [1.807, 2.05) is 43.3 Å². The Kier molecular flexibility index (Phi) is 4.33. The molecule has 0 amide bonds. The number of hydrogen-bond donors (Lipinski definition) is 1. The first-order chi connectivity index (χ1) is 13.2. The average Bonchev–Trinajstić information content (AvgIpc) is 3.14. The van der Waals surface area contributed by atoms with Crippen molar-refractivity contribution < 1.29 is 14.0 Å². The summed E-state index contributed by atoms with van der Waals surface area (Å²) in [5.74, 6) is 1.83. The van der Waals surface area contributed by atoms with Crippen LogP contribution in [0.2, 0.25) is 0 Å². The van der Waals surface area contributed by atoms with Gasteiger partial charge in [-0.05, 0) is 19.1 Å². The molecule has 0 saturated carbocycles. The predicted molar refractivity (Wildman–Crippen MR) is 103 cm³/mol. The smallest absolute Gasteiger partial charge is 0.228 e. The van der Waals surface area contributed by atoms with Crippen molar-refractivity contribution in [1.29, 1.82) is 0 Å². The molecule has 0 spiro atoms. The Morgan fingerprint density at radius 1 is 0.963 bits per heavy atom. The molecule has 2 aromatic heterocycles. The van der Waals surface area contributed by atoms with Crippen molar-refractivity contribution in [1.82, 2.24) is 15.1 Å². The third-order valence-corrected chi connectivity index (χ3v) is 4.24. The van der Waals surface area contributed by atoms with E-state index in [2.05, 4.69) is 20.4 Å². The maximum atomic E-state index is 5.55. The highest BCUT2D eigenvalue weighted by molar-refractivity contribution is 5.94. The molecule has 0 aliphatic heterocycles. The molecule has 4 aromatic rings. The minimum Gasteiger partial charge on any atom is -0.497 e. The van der Waals surface area contributed by atoms with Gasteiger partial charge in [0.2, 0.25) is 5.58 Å². The molecule has 0 unspecified atom stereocenters. The topological polar surface area (TPSA) is 82.3 Å². The molecule has 27 heavy (non-hydrogen) atoms. The van der Waals surface area contributed by atoms with Gasteiger partial charge in [-0.25, -0.2) is 9.97 Å². The number of aryl methyl sites for hydroxylation is 1. The van der Waals surface area contributed by atoms with Gasteiger partial charge in [-0.15, -0.1) is 0 Å². The molecule has 0 aliphatic carbocycles. The second kappa shape index (κ2) is 6.95. The van der Waals surface area contributed by atoms with Crippen LogP contribution in [0.4, 0.5) is 11.5 Å². The van der Waals surface area contributed by atoms with E-state index in [0.717, 1.165) is 11.3 Å². The summed E-state index contributed by atoms with van der Waals surface area (Å²) in [5.41, 5.74) is 4.64. The van der Waals surface area contributed by atoms with Gasteiger partial charge in [-0.2, -0.15) is 0 Å². The molecule has 7 heteroatoms. The summed E-state index contributed by atoms with van der Waals surface area (Å²) in [4.78, 5) is 8.65. The van der Waals surface area contributed by atoms with Crippen molar-refractivity contribution in [2.45, 2.75) is 6.92 Å². The highest BCUT2D eigenvalue weighted by atomic mass is 16.5. The third kappa shape index (κ3) is 3.15. The zero-order valence-corrected chi connectivity index (χ0v) is 15.2. The number of fused-ring (bicyclic) bond motifs is 1. The van der Waals surface area contributed by atoms with Crippen LogP contribution in [0.15, 0.2) is 53.3 Å². The van der Waals surface area contributed by atoms with Crippen LogP contribution in [0.5, 0.6) is 11.5 Å². The second-order valence-electron chi connectivity index (χ2n) is 5.99. The highest BCUT2D eigenvalue weighted by Gasteiger charge is 2.17. The lowest BCUT2D eigenvalue weighted by Gasteiger charge is -2.11. The Bertz CT molecular complexity index is 1090. The number of nitrogens with zero attached hydrogens (tertiary/aromatic N) is 3. The van der Waals surface area contributed by atoms with Gasteiger partial charge < -0.3 is 19.3 Å². The number of nitrogens with one attached hydrogen (secondary N) is 1. The summed E-state index contributed by atoms with van der Waals surface area (Å²) in [6.45, 7) is 2.04. The SMILES string of the molecule is COc1ccc(Nc2ncnc3c(-c4ccc(C)cc4)noc23)c(OC)c1. The average molecular weight is 362 g/mol. The van der Waals surface area contributed by atoms with Gasteiger partial charge in [-0.3, -0.25) is 0 Å². The fourth-order valence-corrected chi connectivity index (χ4v) is 2.78. The maximum absolute atomic E-state index is 5.55. The molecule has 0 bridgehead atoms. The van der Waals surface area contributed by atoms with Crippen molar-refractivity contribution in [3.63, 3.8) is 0 Å². The second-order valence-corrected chi connectivity index (χ2v) is 5.99. The summed E-state index contributed by atoms with van der Waals surface area (Å²) in [5, 5.41) is 7.42. The van der Waals surface area contributed by atoms with Crippen molar-refractivity contribution in [2.24, 2.45) is 0 Å². The number of anilines is 2. The van der Waals surface area contributed by atoms with E-state index in [0.29, 0.717) is 34.1 Å². The summed E-state index contributed by atoms with van der Waals surface area (Å²) < 4.78 is 16.2. The fraction of sp³-hybridized carbons (Fsp3) is 0.150. The molecule has 2 heterocycles. The van der Waals surface area contributed by atoms with Gasteiger partial charge in [0.25, 0.3) is 0 Å². The van der Waals surface area contributed by atoms with Crippen molar-refractivity contribution >= 4 is 22.6 Å². The summed E-state index contributed by atoms with van der Waals surface area (Å²) in [7, 11) is 3.20. The quantitative estimate of drug-likeness (QED) is 0.565. The van der Waals surface area contributed by atoms with Gasteiger partial charge >= 0.3 is 0 Å². The Morgan fingerprint density at radius 3 is 2.52 bits per heavy atom. The Hall–Kier alpha value is -3.61. The summed E-state index contributed by atoms with van der Waals surface area (Å²) in [6, 6.07) is 13.5. The normalized spacial score (nSPS) is 10.8. The van der Waals surface area contributed by atoms with Crippen LogP contribution in [0.25, 0.3) is 22.4 Å². The van der Waals surface area contributed by atoms with E-state index < -0.39 is 0 Å². The first kappa shape index (κ1) is 16.8. The molecular formula is C20H18N4O3. The van der Waals surface area contributed by atoms with E-state index in [1.54, 1.807) is 20.3 Å². The molecule has 0 fully saturated rings. The van der Waals surface area contributed by atoms with Crippen LogP contribution in [-0.4, -0.2) is 29.3 Å². The van der Waals surface area contributed by atoms with Gasteiger partial charge in [0.15, 0.2) is 5.82 Å². The Balaban J connectivity index is 1.75. The van der Waals surface area contributed by atoms with Crippen LogP contribution in [0.3, 0.4) is 0 Å². The van der Waals surface area contributed by atoms with E-state index in [-0.39, 0.29) is 0 Å². The molecule has 0 saturated heterocycles. The number of aromatic nitrogens is 3. The van der Waals surface area contributed by atoms with Crippen LogP contribution < -0.4 is 14.8 Å². The van der Waals surface area contributed by atoms with Crippen LogP contribution >= 0.6 is 0 Å². The lowest BCUT2D eigenvalue weighted by molar-refractivity contribution is 0.395. The molecule has 136 valence electrons. The number of benzene rings is 2. The molecule has 0 radical (unpaired) electrons. The zero-order valence-electron chi connectivity index (χ0n) is 15.2. The third-order valence-electron chi connectivity index (χ3n) is 4.24. The maximum Gasteiger partial charge on any atom is 0.228 e. The number of methoxy groups -OCH3 is 2. The van der Waals surface area contributed by atoms with E-state index >= 15 is 0 Å². The first-order valence-corrected chi connectivity index (χ1v) is 8.36. The highest BCUT2D eigenvalue weighted by Crippen LogP contribution is 2.34. The van der Waals surface area contributed by atoms with Crippen molar-refractivity contribution in [3.05, 3.63) is 54.4 Å². The largest absolute Gasteiger partial charge is 0.497 e. The lowest BCUT2D eigenvalue weighted by Crippen LogP contribution is -1.98. The minimum atomic E-state index is 0.478. The van der Waals surface area contributed by atoms with Gasteiger partial charge in [-0.1, -0.05) is 35.0 Å². The first-order valence-electron chi connectivity index (χ1n) is 8.36. The Morgan fingerprint density at radius 2 is 1.78 bits per heavy atom. The van der Waals surface area contributed by atoms with E-state index in [1.165, 1.54) is 11.9 Å². The summed E-state index contributed by atoms with van der Waals surface area (Å²) in [6.07, 6.45) is 1.48. The minimum absolute atomic E-state index is 0.478. The van der Waals surface area contributed by atoms with Crippen LogP contribution in [0.1, 0.15) is 5.56 Å². The zero-order chi connectivity index (χ0) is 18.8. The summed E-state index contributed by atoms with van der Waals surface area (Å²) >= 11 is 0. The van der Waals surface area contributed by atoms with Crippen molar-refractivity contribution in [3.8, 4) is 22.8 Å². The number of hydrogen-bond acceptors (Lipinski definition) is 7. The van der Waals surface area contributed by atoms with Gasteiger partial charge in [0.05, 0.1) is 19.9 Å². The van der Waals surface area contributed by atoms with Crippen LogP contribution in [0, 0.1) is 6.92 Å². The standard InChI is InChI=1S/C20H18N4O3/c1-12-4-6-13(7-5-12)17-18-19(27-24-17)20(22-11-21-18)23-15-9-8-14(25-2)10-16(15)26-3/h4-11H,1-3H3,(H,21,22,23). The molecule has 4 rings (SSSR count). The lowest BCUT2D eigenvalue weighted by atomic mass is 10.1. The van der Waals surface area contributed by atoms with Crippen LogP contribution in [-0.2, 0) is 0 Å². The molecule has 2 aromatic carbocycles. The Labute approximate surface area is 156 Å². The number of rotatable bonds is 5. The van der Waals surface area contributed by atoms with Crippen molar-refractivity contribution in [2.75, 3.05) is 19.5 Å². The molecule has 0 aliphatic rings. The predicted octanol–water partition coefficient (Wildman–Crippen LogP) is 4.35. The van der Waals surface area contributed by atoms with Gasteiger partial charge in [0.1, 0.15) is 29.0 Å². The monoisotopic (exact) mass is 362 g/mol. The molecular weight excluding hydrogens is 344 g/mol. The molecule has 0 atom stereocenters.